The van der Waals surface area contributed by atoms with Crippen molar-refractivity contribution in [3.05, 3.63) is 36.2 Å². The SMILES string of the molecule is NNC(CC1CC2CCC1C2)c1cccc2nccnc12. The third-order valence-electron chi connectivity index (χ3n) is 5.53. The van der Waals surface area contributed by atoms with E-state index in [-0.39, 0.29) is 6.04 Å². The van der Waals surface area contributed by atoms with Crippen molar-refractivity contribution in [2.45, 2.75) is 38.1 Å². The molecule has 0 aliphatic heterocycles. The van der Waals surface area contributed by atoms with Crippen LogP contribution >= 0.6 is 0 Å². The second-order valence-corrected chi connectivity index (χ2v) is 6.66. The molecule has 4 nitrogen and oxygen atoms in total. The van der Waals surface area contributed by atoms with Crippen molar-refractivity contribution in [1.29, 1.82) is 0 Å². The fourth-order valence-electron chi connectivity index (χ4n) is 4.55. The standard InChI is InChI=1S/C17H22N4/c18-21-16(10-13-9-11-4-5-12(13)8-11)14-2-1-3-15-17(14)20-7-6-19-15/h1-3,6-7,11-13,16,21H,4-5,8-10,18H2. The Morgan fingerprint density at radius 1 is 1.19 bits per heavy atom. The first-order chi connectivity index (χ1) is 10.3. The summed E-state index contributed by atoms with van der Waals surface area (Å²) in [6, 6.07) is 6.37. The first-order valence-electron chi connectivity index (χ1n) is 8.01. The molecule has 0 amide bonds. The molecule has 3 N–H and O–H groups in total. The van der Waals surface area contributed by atoms with Crippen LogP contribution in [0.2, 0.25) is 0 Å². The number of benzene rings is 1. The van der Waals surface area contributed by atoms with Crippen molar-refractivity contribution < 1.29 is 0 Å². The molecule has 4 atom stereocenters. The van der Waals surface area contributed by atoms with Crippen molar-refractivity contribution in [3.8, 4) is 0 Å². The molecule has 2 aliphatic rings. The predicted molar refractivity (Wildman–Crippen MR) is 83.2 cm³/mol. The molecule has 1 aromatic heterocycles. The maximum absolute atomic E-state index is 5.87. The molecule has 110 valence electrons. The van der Waals surface area contributed by atoms with Gasteiger partial charge in [-0.05, 0) is 55.1 Å². The predicted octanol–water partition coefficient (Wildman–Crippen LogP) is 2.96. The Morgan fingerprint density at radius 3 is 2.86 bits per heavy atom. The van der Waals surface area contributed by atoms with E-state index in [1.807, 2.05) is 6.07 Å². The summed E-state index contributed by atoms with van der Waals surface area (Å²) in [5, 5.41) is 0. The normalized spacial score (nSPS) is 29.1. The van der Waals surface area contributed by atoms with Crippen molar-refractivity contribution in [2.24, 2.45) is 23.6 Å². The van der Waals surface area contributed by atoms with E-state index in [0.29, 0.717) is 0 Å². The van der Waals surface area contributed by atoms with Crippen molar-refractivity contribution in [1.82, 2.24) is 15.4 Å². The number of hydrogen-bond acceptors (Lipinski definition) is 4. The van der Waals surface area contributed by atoms with E-state index in [4.69, 9.17) is 5.84 Å². The highest BCUT2D eigenvalue weighted by atomic mass is 15.2. The van der Waals surface area contributed by atoms with Crippen LogP contribution in [0.25, 0.3) is 11.0 Å². The summed E-state index contributed by atoms with van der Waals surface area (Å²) in [4.78, 5) is 8.91. The third kappa shape index (κ3) is 2.32. The molecule has 4 heteroatoms. The van der Waals surface area contributed by atoms with Crippen LogP contribution in [-0.4, -0.2) is 9.97 Å². The van der Waals surface area contributed by atoms with Gasteiger partial charge in [0.1, 0.15) is 0 Å². The largest absolute Gasteiger partial charge is 0.271 e. The summed E-state index contributed by atoms with van der Waals surface area (Å²) in [6.07, 6.45) is 10.3. The van der Waals surface area contributed by atoms with E-state index >= 15 is 0 Å². The molecule has 21 heavy (non-hydrogen) atoms. The summed E-state index contributed by atoms with van der Waals surface area (Å²) < 4.78 is 0. The van der Waals surface area contributed by atoms with E-state index < -0.39 is 0 Å². The molecule has 0 spiro atoms. The number of hydrogen-bond donors (Lipinski definition) is 2. The number of nitrogens with zero attached hydrogens (tertiary/aromatic N) is 2. The summed E-state index contributed by atoms with van der Waals surface area (Å²) >= 11 is 0. The van der Waals surface area contributed by atoms with Crippen LogP contribution in [0.5, 0.6) is 0 Å². The van der Waals surface area contributed by atoms with E-state index in [1.54, 1.807) is 12.4 Å². The lowest BCUT2D eigenvalue weighted by atomic mass is 9.82. The molecule has 4 unspecified atom stereocenters. The zero-order valence-corrected chi connectivity index (χ0v) is 12.2. The van der Waals surface area contributed by atoms with E-state index in [9.17, 15) is 0 Å². The van der Waals surface area contributed by atoms with E-state index in [1.165, 1.54) is 31.2 Å². The van der Waals surface area contributed by atoms with Gasteiger partial charge in [-0.1, -0.05) is 18.6 Å². The minimum absolute atomic E-state index is 0.176. The Balaban J connectivity index is 1.62. The van der Waals surface area contributed by atoms with Crippen molar-refractivity contribution >= 4 is 11.0 Å². The molecule has 2 aromatic rings. The topological polar surface area (TPSA) is 63.8 Å². The van der Waals surface area contributed by atoms with Crippen LogP contribution in [0.1, 0.15) is 43.7 Å². The van der Waals surface area contributed by atoms with Crippen LogP contribution < -0.4 is 11.3 Å². The number of fused-ring (bicyclic) bond motifs is 3. The quantitative estimate of drug-likeness (QED) is 0.668. The number of para-hydroxylation sites is 1. The molecule has 0 saturated heterocycles. The minimum Gasteiger partial charge on any atom is -0.271 e. The highest BCUT2D eigenvalue weighted by Crippen LogP contribution is 2.51. The van der Waals surface area contributed by atoms with Crippen LogP contribution in [0.15, 0.2) is 30.6 Å². The maximum atomic E-state index is 5.87. The molecule has 1 heterocycles. The average Bonchev–Trinajstić information content (AvgIpc) is 3.15. The van der Waals surface area contributed by atoms with Gasteiger partial charge in [0.05, 0.1) is 11.0 Å². The van der Waals surface area contributed by atoms with Gasteiger partial charge in [0, 0.05) is 18.4 Å². The molecule has 2 aliphatic carbocycles. The number of nitrogens with one attached hydrogen (secondary N) is 1. The highest BCUT2D eigenvalue weighted by molar-refractivity contribution is 5.78. The van der Waals surface area contributed by atoms with Gasteiger partial charge in [0.2, 0.25) is 0 Å². The summed E-state index contributed by atoms with van der Waals surface area (Å²) in [6.45, 7) is 0. The smallest absolute Gasteiger partial charge is 0.0935 e. The monoisotopic (exact) mass is 282 g/mol. The minimum atomic E-state index is 0.176. The fraction of sp³-hybridized carbons (Fsp3) is 0.529. The lowest BCUT2D eigenvalue weighted by molar-refractivity contribution is 0.280. The van der Waals surface area contributed by atoms with Gasteiger partial charge in [-0.2, -0.15) is 0 Å². The summed E-state index contributed by atoms with van der Waals surface area (Å²) in [5.41, 5.74) is 6.14. The van der Waals surface area contributed by atoms with Gasteiger partial charge >= 0.3 is 0 Å². The number of nitrogens with two attached hydrogens (primary N) is 1. The number of aromatic nitrogens is 2. The first kappa shape index (κ1) is 13.2. The van der Waals surface area contributed by atoms with Gasteiger partial charge in [-0.3, -0.25) is 21.2 Å². The maximum Gasteiger partial charge on any atom is 0.0935 e. The Morgan fingerprint density at radius 2 is 2.10 bits per heavy atom. The molecule has 2 bridgehead atoms. The first-order valence-corrected chi connectivity index (χ1v) is 8.01. The van der Waals surface area contributed by atoms with Gasteiger partial charge in [-0.25, -0.2) is 0 Å². The Labute approximate surface area is 125 Å². The lowest BCUT2D eigenvalue weighted by Crippen LogP contribution is -2.31. The zero-order valence-electron chi connectivity index (χ0n) is 12.2. The molecular weight excluding hydrogens is 260 g/mol. The zero-order chi connectivity index (χ0) is 14.2. The van der Waals surface area contributed by atoms with Crippen LogP contribution in [0.3, 0.4) is 0 Å². The Kier molecular flexibility index (Phi) is 3.36. The molecule has 1 aromatic carbocycles. The molecule has 2 saturated carbocycles. The second kappa shape index (κ2) is 5.35. The fourth-order valence-corrected chi connectivity index (χ4v) is 4.55. The van der Waals surface area contributed by atoms with Crippen LogP contribution in [0.4, 0.5) is 0 Å². The van der Waals surface area contributed by atoms with Gasteiger partial charge in [0.15, 0.2) is 0 Å². The average molecular weight is 282 g/mol. The molecular formula is C17H22N4. The molecule has 2 fully saturated rings. The van der Waals surface area contributed by atoms with Crippen molar-refractivity contribution in [3.63, 3.8) is 0 Å². The Hall–Kier alpha value is -1.52. The van der Waals surface area contributed by atoms with Crippen LogP contribution in [0, 0.1) is 17.8 Å². The van der Waals surface area contributed by atoms with Crippen molar-refractivity contribution in [2.75, 3.05) is 0 Å². The molecule has 4 rings (SSSR count). The second-order valence-electron chi connectivity index (χ2n) is 6.66. The highest BCUT2D eigenvalue weighted by Gasteiger charge is 2.40. The molecule has 0 radical (unpaired) electrons. The van der Waals surface area contributed by atoms with Gasteiger partial charge in [0.25, 0.3) is 0 Å². The lowest BCUT2D eigenvalue weighted by Gasteiger charge is -2.27. The summed E-state index contributed by atoms with van der Waals surface area (Å²) in [5.74, 6) is 8.59. The Bertz CT molecular complexity index is 636. The van der Waals surface area contributed by atoms with E-state index in [2.05, 4.69) is 27.5 Å². The van der Waals surface area contributed by atoms with Crippen LogP contribution in [-0.2, 0) is 0 Å². The van der Waals surface area contributed by atoms with Gasteiger partial charge < -0.3 is 0 Å². The third-order valence-corrected chi connectivity index (χ3v) is 5.53. The summed E-state index contributed by atoms with van der Waals surface area (Å²) in [7, 11) is 0. The van der Waals surface area contributed by atoms with Gasteiger partial charge in [-0.15, -0.1) is 0 Å². The number of rotatable bonds is 4. The number of hydrazine groups is 1. The van der Waals surface area contributed by atoms with E-state index in [0.717, 1.165) is 35.2 Å².